The summed E-state index contributed by atoms with van der Waals surface area (Å²) >= 11 is 3.06. The molecule has 3 rings (SSSR count). The van der Waals surface area contributed by atoms with E-state index < -0.39 is 0 Å². The van der Waals surface area contributed by atoms with Crippen LogP contribution in [0.5, 0.6) is 0 Å². The molecule has 5 nitrogen and oxygen atoms in total. The Morgan fingerprint density at radius 1 is 1.32 bits per heavy atom. The molecular formula is C21H24N4OS2. The van der Waals surface area contributed by atoms with Crippen LogP contribution in [0, 0.1) is 6.92 Å². The van der Waals surface area contributed by atoms with Gasteiger partial charge >= 0.3 is 0 Å². The summed E-state index contributed by atoms with van der Waals surface area (Å²) in [6.07, 6.45) is 1.81. The SMILES string of the molecule is C=CCn1c(SCC(=O)Nc2ccc(C(C)C)cc2)nnc1-c1csc(C)c1. The molecule has 1 N–H and O–H groups in total. The number of nitrogens with one attached hydrogen (secondary N) is 1. The number of allylic oxidation sites excluding steroid dienone is 1. The Morgan fingerprint density at radius 3 is 2.68 bits per heavy atom. The van der Waals surface area contributed by atoms with E-state index in [2.05, 4.69) is 54.3 Å². The van der Waals surface area contributed by atoms with Gasteiger partial charge in [-0.15, -0.1) is 28.1 Å². The monoisotopic (exact) mass is 412 g/mol. The molecule has 2 aromatic heterocycles. The van der Waals surface area contributed by atoms with E-state index in [4.69, 9.17) is 0 Å². The molecule has 0 radical (unpaired) electrons. The summed E-state index contributed by atoms with van der Waals surface area (Å²) in [6.45, 7) is 10.8. The number of aromatic nitrogens is 3. The van der Waals surface area contributed by atoms with Crippen LogP contribution in [-0.2, 0) is 11.3 Å². The highest BCUT2D eigenvalue weighted by Gasteiger charge is 2.16. The first kappa shape index (κ1) is 20.4. The Balaban J connectivity index is 1.65. The van der Waals surface area contributed by atoms with Gasteiger partial charge < -0.3 is 5.32 Å². The van der Waals surface area contributed by atoms with Crippen molar-refractivity contribution < 1.29 is 4.79 Å². The molecule has 0 aliphatic carbocycles. The van der Waals surface area contributed by atoms with Gasteiger partial charge in [0.15, 0.2) is 11.0 Å². The molecular weight excluding hydrogens is 388 g/mol. The van der Waals surface area contributed by atoms with Gasteiger partial charge in [-0.2, -0.15) is 0 Å². The van der Waals surface area contributed by atoms with Gasteiger partial charge in [-0.25, -0.2) is 0 Å². The quantitative estimate of drug-likeness (QED) is 0.400. The predicted octanol–water partition coefficient (Wildman–Crippen LogP) is 5.36. The van der Waals surface area contributed by atoms with Crippen molar-refractivity contribution in [2.45, 2.75) is 38.4 Å². The highest BCUT2D eigenvalue weighted by Crippen LogP contribution is 2.27. The third-order valence-electron chi connectivity index (χ3n) is 4.21. The fourth-order valence-corrected chi connectivity index (χ4v) is 4.17. The zero-order chi connectivity index (χ0) is 20.1. The number of benzene rings is 1. The van der Waals surface area contributed by atoms with Crippen LogP contribution in [0.3, 0.4) is 0 Å². The number of hydrogen-bond donors (Lipinski definition) is 1. The van der Waals surface area contributed by atoms with Crippen molar-refractivity contribution in [1.82, 2.24) is 14.8 Å². The topological polar surface area (TPSA) is 59.8 Å². The highest BCUT2D eigenvalue weighted by molar-refractivity contribution is 7.99. The number of thioether (sulfide) groups is 1. The number of hydrogen-bond acceptors (Lipinski definition) is 5. The van der Waals surface area contributed by atoms with Gasteiger partial charge in [-0.3, -0.25) is 9.36 Å². The van der Waals surface area contributed by atoms with Crippen LogP contribution >= 0.6 is 23.1 Å². The number of amides is 1. The van der Waals surface area contributed by atoms with Gasteiger partial charge in [0.2, 0.25) is 5.91 Å². The van der Waals surface area contributed by atoms with E-state index in [9.17, 15) is 4.79 Å². The van der Waals surface area contributed by atoms with E-state index in [0.29, 0.717) is 17.6 Å². The number of thiophene rings is 1. The van der Waals surface area contributed by atoms with E-state index in [1.165, 1.54) is 22.2 Å². The van der Waals surface area contributed by atoms with Crippen LogP contribution in [-0.4, -0.2) is 26.4 Å². The van der Waals surface area contributed by atoms with Crippen molar-refractivity contribution >= 4 is 34.7 Å². The molecule has 3 aromatic rings. The van der Waals surface area contributed by atoms with Crippen LogP contribution in [0.25, 0.3) is 11.4 Å². The number of carbonyl (C=O) groups is 1. The lowest BCUT2D eigenvalue weighted by Crippen LogP contribution is -2.14. The summed E-state index contributed by atoms with van der Waals surface area (Å²) in [5.41, 5.74) is 3.09. The summed E-state index contributed by atoms with van der Waals surface area (Å²) < 4.78 is 1.99. The van der Waals surface area contributed by atoms with Gasteiger partial charge in [0.1, 0.15) is 0 Å². The summed E-state index contributed by atoms with van der Waals surface area (Å²) in [6, 6.07) is 10.1. The molecule has 0 spiro atoms. The second-order valence-electron chi connectivity index (χ2n) is 6.77. The van der Waals surface area contributed by atoms with Crippen molar-refractivity contribution in [3.8, 4) is 11.4 Å². The van der Waals surface area contributed by atoms with Crippen LogP contribution < -0.4 is 5.32 Å². The molecule has 0 fully saturated rings. The number of carbonyl (C=O) groups excluding carboxylic acids is 1. The lowest BCUT2D eigenvalue weighted by Gasteiger charge is -2.09. The first-order chi connectivity index (χ1) is 13.5. The van der Waals surface area contributed by atoms with Gasteiger partial charge in [0.05, 0.1) is 5.75 Å². The minimum Gasteiger partial charge on any atom is -0.325 e. The Morgan fingerprint density at radius 2 is 2.07 bits per heavy atom. The fourth-order valence-electron chi connectivity index (χ4n) is 2.74. The average Bonchev–Trinajstić information content (AvgIpc) is 3.27. The van der Waals surface area contributed by atoms with Crippen LogP contribution in [0.2, 0.25) is 0 Å². The summed E-state index contributed by atoms with van der Waals surface area (Å²) in [4.78, 5) is 13.6. The Labute approximate surface area is 173 Å². The maximum absolute atomic E-state index is 12.3. The second-order valence-corrected chi connectivity index (χ2v) is 8.82. The molecule has 0 bridgehead atoms. The fraction of sp³-hybridized carbons (Fsp3) is 0.286. The first-order valence-electron chi connectivity index (χ1n) is 9.10. The number of aryl methyl sites for hydroxylation is 1. The molecule has 0 aliphatic heterocycles. The van der Waals surface area contributed by atoms with Crippen molar-refractivity contribution in [3.63, 3.8) is 0 Å². The maximum Gasteiger partial charge on any atom is 0.234 e. The molecule has 7 heteroatoms. The van der Waals surface area contributed by atoms with Gasteiger partial charge in [-0.1, -0.05) is 43.8 Å². The molecule has 0 unspecified atom stereocenters. The lowest BCUT2D eigenvalue weighted by atomic mass is 10.0. The lowest BCUT2D eigenvalue weighted by molar-refractivity contribution is -0.113. The second kappa shape index (κ2) is 9.21. The molecule has 0 saturated carbocycles. The zero-order valence-electron chi connectivity index (χ0n) is 16.3. The number of nitrogens with zero attached hydrogens (tertiary/aromatic N) is 3. The van der Waals surface area contributed by atoms with E-state index in [1.807, 2.05) is 34.9 Å². The van der Waals surface area contributed by atoms with Crippen molar-refractivity contribution in [2.75, 3.05) is 11.1 Å². The third-order valence-corrected chi connectivity index (χ3v) is 6.04. The summed E-state index contributed by atoms with van der Waals surface area (Å²) in [5, 5.41) is 14.3. The highest BCUT2D eigenvalue weighted by atomic mass is 32.2. The first-order valence-corrected chi connectivity index (χ1v) is 11.0. The van der Waals surface area contributed by atoms with E-state index in [0.717, 1.165) is 17.1 Å². The van der Waals surface area contributed by atoms with Crippen LogP contribution in [0.1, 0.15) is 30.2 Å². The Hall–Kier alpha value is -2.38. The predicted molar refractivity (Wildman–Crippen MR) is 118 cm³/mol. The molecule has 0 saturated heterocycles. The normalized spacial score (nSPS) is 11.0. The van der Waals surface area contributed by atoms with E-state index in [1.54, 1.807) is 11.3 Å². The molecule has 0 aliphatic rings. The molecule has 1 aromatic carbocycles. The van der Waals surface area contributed by atoms with Crippen LogP contribution in [0.15, 0.2) is 53.5 Å². The standard InChI is InChI=1S/C21H24N4OS2/c1-5-10-25-20(17-11-15(4)27-12-17)23-24-21(25)28-13-19(26)22-18-8-6-16(7-9-18)14(2)3/h5-9,11-12,14H,1,10,13H2,2-4H3,(H,22,26). The van der Waals surface area contributed by atoms with Crippen LogP contribution in [0.4, 0.5) is 5.69 Å². The Bertz CT molecular complexity index is 957. The Kier molecular flexibility index (Phi) is 6.70. The van der Waals surface area contributed by atoms with Gasteiger partial charge in [-0.05, 0) is 36.6 Å². The van der Waals surface area contributed by atoms with Crippen molar-refractivity contribution in [2.24, 2.45) is 0 Å². The number of rotatable bonds is 8. The smallest absolute Gasteiger partial charge is 0.234 e. The van der Waals surface area contributed by atoms with E-state index >= 15 is 0 Å². The van der Waals surface area contributed by atoms with Crippen molar-refractivity contribution in [1.29, 1.82) is 0 Å². The summed E-state index contributed by atoms with van der Waals surface area (Å²) in [5.74, 6) is 1.47. The molecule has 1 amide bonds. The molecule has 0 atom stereocenters. The van der Waals surface area contributed by atoms with Crippen molar-refractivity contribution in [3.05, 3.63) is 58.8 Å². The summed E-state index contributed by atoms with van der Waals surface area (Å²) in [7, 11) is 0. The maximum atomic E-state index is 12.3. The molecule has 28 heavy (non-hydrogen) atoms. The van der Waals surface area contributed by atoms with Gasteiger partial charge in [0.25, 0.3) is 0 Å². The average molecular weight is 413 g/mol. The molecule has 2 heterocycles. The minimum absolute atomic E-state index is 0.0663. The zero-order valence-corrected chi connectivity index (χ0v) is 17.9. The van der Waals surface area contributed by atoms with Gasteiger partial charge in [0, 0.05) is 28.1 Å². The van der Waals surface area contributed by atoms with E-state index in [-0.39, 0.29) is 11.7 Å². The minimum atomic E-state index is -0.0663. The molecule has 146 valence electrons. The largest absolute Gasteiger partial charge is 0.325 e. The third kappa shape index (κ3) is 4.91. The number of anilines is 1.